The minimum Gasteiger partial charge on any atom is -1.00 e. The molecule has 2 nitrogen and oxygen atoms in total. The monoisotopic (exact) mass is 880 g/mol. The topological polar surface area (TPSA) is 26.3 Å². The summed E-state index contributed by atoms with van der Waals surface area (Å²) in [4.78, 5) is 0. The number of fused-ring (bicyclic) bond motifs is 2. The second-order valence-electron chi connectivity index (χ2n) is 15.2. The second kappa shape index (κ2) is 15.6. The second-order valence-corrected chi connectivity index (χ2v) is 22.9. The predicted molar refractivity (Wildman–Crippen MR) is 220 cm³/mol. The maximum atomic E-state index is 6.59. The molecule has 9 rings (SSSR count). The average Bonchev–Trinajstić information content (AvgIpc) is 3.91. The molecular weight excluding hydrogens is 842 g/mol. The van der Waals surface area contributed by atoms with Crippen LogP contribution in [0.3, 0.4) is 0 Å². The SMILES string of the molecule is Cc1ccc(C2=Cc3c(cc(C)c(C)c3-c3ccc(Cl)cc3)[CH]2[Zr+2](=[C]2CCC2)[CH]2C(c3ccc(C)o3)=Cc3c2cc(C)c(C)c3-c2ccc(Cl)cc2)o1.[Cl-].[Cl-]. The fourth-order valence-electron chi connectivity index (χ4n) is 9.00. The number of hydrogen-bond donors (Lipinski definition) is 0. The first-order valence-corrected chi connectivity index (χ1v) is 23.5. The summed E-state index contributed by atoms with van der Waals surface area (Å²) in [7, 11) is 0. The summed E-state index contributed by atoms with van der Waals surface area (Å²) in [5.74, 6) is 3.88. The van der Waals surface area contributed by atoms with E-state index in [0.29, 0.717) is 0 Å². The van der Waals surface area contributed by atoms with Gasteiger partial charge in [0.25, 0.3) is 0 Å². The standard InChI is InChI=1S/2C22H18ClO.C4H6.2ClH.Zr/c2*1-13-10-17-11-18(21-9-4-14(2)24-21)12-20(17)22(15(13)3)16-5-7-19(23)8-6-16;1-2-4-3-1;;;/h2*4-12H,1-3H3;1-3H2;2*1H;/q;;;;;+2/p-2. The van der Waals surface area contributed by atoms with Gasteiger partial charge in [0.2, 0.25) is 0 Å². The van der Waals surface area contributed by atoms with Crippen LogP contribution in [0.2, 0.25) is 10.0 Å². The Morgan fingerprint density at radius 1 is 0.545 bits per heavy atom. The molecule has 0 bridgehead atoms. The maximum absolute atomic E-state index is 6.59. The molecule has 278 valence electrons. The van der Waals surface area contributed by atoms with Crippen molar-refractivity contribution in [3.63, 3.8) is 0 Å². The Labute approximate surface area is 354 Å². The predicted octanol–water partition coefficient (Wildman–Crippen LogP) is 8.24. The molecule has 2 atom stereocenters. The Bertz CT molecular complexity index is 2390. The summed E-state index contributed by atoms with van der Waals surface area (Å²) >= 11 is 10.0. The Morgan fingerprint density at radius 2 is 0.945 bits per heavy atom. The number of benzene rings is 4. The zero-order valence-corrected chi connectivity index (χ0v) is 37.3. The molecule has 0 spiro atoms. The van der Waals surface area contributed by atoms with Crippen LogP contribution in [-0.4, -0.2) is 3.21 Å². The average molecular weight is 884 g/mol. The van der Waals surface area contributed by atoms with Crippen LogP contribution in [0.4, 0.5) is 0 Å². The first-order valence-electron chi connectivity index (χ1n) is 18.7. The molecule has 4 aromatic carbocycles. The summed E-state index contributed by atoms with van der Waals surface area (Å²) in [6.07, 6.45) is 8.67. The number of halogens is 4. The summed E-state index contributed by atoms with van der Waals surface area (Å²) in [6, 6.07) is 30.5. The van der Waals surface area contributed by atoms with E-state index in [1.807, 2.05) is 27.5 Å². The van der Waals surface area contributed by atoms with Gasteiger partial charge in [0, 0.05) is 0 Å². The Morgan fingerprint density at radius 3 is 1.27 bits per heavy atom. The number of rotatable bonds is 6. The van der Waals surface area contributed by atoms with Crippen molar-refractivity contribution in [2.45, 2.75) is 68.1 Å². The maximum Gasteiger partial charge on any atom is -1.00 e. The fourth-order valence-corrected chi connectivity index (χ4v) is 19.9. The van der Waals surface area contributed by atoms with Crippen molar-refractivity contribution in [1.82, 2.24) is 0 Å². The molecule has 3 aliphatic rings. The van der Waals surface area contributed by atoms with Crippen molar-refractivity contribution in [3.8, 4) is 22.3 Å². The summed E-state index contributed by atoms with van der Waals surface area (Å²) in [5, 5.41) is 1.51. The molecule has 6 aromatic rings. The quantitative estimate of drug-likeness (QED) is 0.169. The van der Waals surface area contributed by atoms with Gasteiger partial charge < -0.3 is 24.8 Å². The van der Waals surface area contributed by atoms with Crippen LogP contribution in [0.1, 0.15) is 94.1 Å². The molecular formula is C48H42Cl4O2Zr. The van der Waals surface area contributed by atoms with Crippen LogP contribution >= 0.6 is 23.2 Å². The summed E-state index contributed by atoms with van der Waals surface area (Å²) in [6.45, 7) is 13.2. The van der Waals surface area contributed by atoms with Crippen molar-refractivity contribution in [2.24, 2.45) is 0 Å². The third-order valence-electron chi connectivity index (χ3n) is 12.0. The van der Waals surface area contributed by atoms with Crippen molar-refractivity contribution in [1.29, 1.82) is 0 Å². The zero-order chi connectivity index (χ0) is 36.7. The van der Waals surface area contributed by atoms with E-state index in [4.69, 9.17) is 32.0 Å². The Kier molecular flexibility index (Phi) is 11.4. The molecule has 7 heteroatoms. The van der Waals surface area contributed by atoms with E-state index in [2.05, 4.69) is 114 Å². The van der Waals surface area contributed by atoms with Crippen molar-refractivity contribution >= 4 is 49.7 Å². The molecule has 0 amide bonds. The summed E-state index contributed by atoms with van der Waals surface area (Å²) in [5.41, 5.74) is 18.6. The number of allylic oxidation sites excluding steroid dienone is 2. The van der Waals surface area contributed by atoms with Crippen LogP contribution in [0, 0.1) is 41.5 Å². The van der Waals surface area contributed by atoms with E-state index < -0.39 is 21.3 Å². The van der Waals surface area contributed by atoms with Gasteiger partial charge in [0.1, 0.15) is 0 Å². The smallest absolute Gasteiger partial charge is 1.00 e. The van der Waals surface area contributed by atoms with Crippen molar-refractivity contribution in [2.75, 3.05) is 0 Å². The largest absolute Gasteiger partial charge is 1.00 e. The van der Waals surface area contributed by atoms with E-state index >= 15 is 0 Å². The van der Waals surface area contributed by atoms with Gasteiger partial charge in [-0.05, 0) is 0 Å². The first kappa shape index (κ1) is 40.0. The van der Waals surface area contributed by atoms with Crippen molar-refractivity contribution in [3.05, 3.63) is 163 Å². The third kappa shape index (κ3) is 6.87. The van der Waals surface area contributed by atoms with Crippen LogP contribution in [0.15, 0.2) is 93.8 Å². The van der Waals surface area contributed by atoms with E-state index in [1.54, 1.807) is 0 Å². The van der Waals surface area contributed by atoms with Gasteiger partial charge in [-0.15, -0.1) is 0 Å². The van der Waals surface area contributed by atoms with Crippen LogP contribution in [-0.2, 0) is 21.3 Å². The first-order chi connectivity index (χ1) is 25.6. The molecule has 1 fully saturated rings. The Hall–Kier alpha value is -3.17. The van der Waals surface area contributed by atoms with Crippen LogP contribution in [0.25, 0.3) is 45.6 Å². The number of hydrogen-bond acceptors (Lipinski definition) is 2. The van der Waals surface area contributed by atoms with Crippen LogP contribution < -0.4 is 24.8 Å². The molecule has 0 N–H and O–H groups in total. The number of aryl methyl sites for hydroxylation is 4. The van der Waals surface area contributed by atoms with Gasteiger partial charge in [0.05, 0.1) is 0 Å². The normalized spacial score (nSPS) is 16.6. The third-order valence-corrected chi connectivity index (χ3v) is 21.8. The number of furan rings is 2. The zero-order valence-electron chi connectivity index (χ0n) is 31.8. The summed E-state index contributed by atoms with van der Waals surface area (Å²) < 4.78 is 15.6. The minimum atomic E-state index is -2.85. The van der Waals surface area contributed by atoms with E-state index in [-0.39, 0.29) is 32.1 Å². The van der Waals surface area contributed by atoms with Crippen molar-refractivity contribution < 1.29 is 54.9 Å². The van der Waals surface area contributed by atoms with E-state index in [0.717, 1.165) is 33.1 Å². The molecule has 55 heavy (non-hydrogen) atoms. The van der Waals surface area contributed by atoms with Gasteiger partial charge >= 0.3 is 333 Å². The fraction of sp³-hybridized carbons (Fsp3) is 0.229. The van der Waals surface area contributed by atoms with Gasteiger partial charge in [-0.1, -0.05) is 0 Å². The molecule has 2 unspecified atom stereocenters. The minimum absolute atomic E-state index is 0. The molecule has 2 aromatic heterocycles. The van der Waals surface area contributed by atoms with Gasteiger partial charge in [-0.25, -0.2) is 0 Å². The molecule has 2 heterocycles. The van der Waals surface area contributed by atoms with Gasteiger partial charge in [0.15, 0.2) is 0 Å². The molecule has 1 saturated carbocycles. The van der Waals surface area contributed by atoms with E-state index in [9.17, 15) is 0 Å². The molecule has 0 saturated heterocycles. The molecule has 0 radical (unpaired) electrons. The van der Waals surface area contributed by atoms with Crippen LogP contribution in [0.5, 0.6) is 0 Å². The van der Waals surface area contributed by atoms with Gasteiger partial charge in [-0.3, -0.25) is 0 Å². The molecule has 0 aliphatic heterocycles. The van der Waals surface area contributed by atoms with Gasteiger partial charge in [-0.2, -0.15) is 0 Å². The van der Waals surface area contributed by atoms with E-state index in [1.165, 1.54) is 97.2 Å². The molecule has 3 aliphatic carbocycles. The Balaban J connectivity index is 0.00000233.